The van der Waals surface area contributed by atoms with Gasteiger partial charge in [-0.05, 0) is 198 Å². The Balaban J connectivity index is -0.0000000360. The number of rotatable bonds is 7. The van der Waals surface area contributed by atoms with Gasteiger partial charge in [-0.25, -0.2) is 0 Å². The van der Waals surface area contributed by atoms with Crippen LogP contribution in [0.5, 0.6) is 0 Å². The van der Waals surface area contributed by atoms with Gasteiger partial charge in [-0.3, -0.25) is 14.9 Å². The van der Waals surface area contributed by atoms with Gasteiger partial charge < -0.3 is 24.3 Å². The molecule has 9 heteroatoms. The minimum atomic E-state index is 0. The Morgan fingerprint density at radius 2 is 0.514 bits per heavy atom. The smallest absolute Gasteiger partial charge is 0.0994 e. The van der Waals surface area contributed by atoms with Crippen molar-refractivity contribution >= 4 is 28.9 Å². The average Bonchev–Trinajstić information content (AvgIpc) is 0.776. The van der Waals surface area contributed by atoms with Crippen molar-refractivity contribution in [2.24, 2.45) is 27.7 Å². The molecule has 0 unspecified atom stereocenters. The molecule has 0 N–H and O–H groups in total. The zero-order valence-electron chi connectivity index (χ0n) is 81.5. The van der Waals surface area contributed by atoms with Gasteiger partial charge in [0.1, 0.15) is 0 Å². The van der Waals surface area contributed by atoms with Crippen LogP contribution in [-0.2, 0) is 4.74 Å². The third-order valence-electron chi connectivity index (χ3n) is 12.2. The zero-order valence-corrected chi connectivity index (χ0v) is 82.3. The van der Waals surface area contributed by atoms with E-state index >= 15 is 0 Å². The summed E-state index contributed by atoms with van der Waals surface area (Å²) in [7, 11) is 0. The van der Waals surface area contributed by atoms with Crippen molar-refractivity contribution in [2.45, 2.75) is 548 Å². The third-order valence-corrected chi connectivity index (χ3v) is 12.7. The summed E-state index contributed by atoms with van der Waals surface area (Å²) in [5.41, 5.74) is 1.79. The molecule has 0 atom stereocenters. The number of hydrogen-bond acceptors (Lipinski definition) is 6. The van der Waals surface area contributed by atoms with Crippen LogP contribution in [0.15, 0.2) is 22.3 Å². The second kappa shape index (κ2) is 141. The van der Waals surface area contributed by atoms with Gasteiger partial charge in [0.2, 0.25) is 0 Å². The Morgan fingerprint density at radius 3 is 0.686 bits per heavy atom. The molecular formula is C96H235N7OS. The lowest BCUT2D eigenvalue weighted by atomic mass is 9.84. The highest BCUT2D eigenvalue weighted by molar-refractivity contribution is 7.80. The van der Waals surface area contributed by atoms with Crippen molar-refractivity contribution in [1.82, 2.24) is 24.5 Å². The van der Waals surface area contributed by atoms with Crippen LogP contribution in [0.2, 0.25) is 0 Å². The van der Waals surface area contributed by atoms with Crippen molar-refractivity contribution in [3.63, 3.8) is 0 Å². The fraction of sp³-hybridized carbons (Fsp3) is 0.948. The summed E-state index contributed by atoms with van der Waals surface area (Å²) < 4.78 is 5.35. The van der Waals surface area contributed by atoms with Gasteiger partial charge in [-0.2, -0.15) is 0 Å². The average molecular weight is 1540 g/mol. The Morgan fingerprint density at radius 1 is 0.295 bits per heavy atom. The quantitative estimate of drug-likeness (QED) is 0.235. The van der Waals surface area contributed by atoms with E-state index in [-0.39, 0.29) is 37.1 Å². The lowest BCUT2D eigenvalue weighted by molar-refractivity contribution is -0.165. The summed E-state index contributed by atoms with van der Waals surface area (Å²) in [6.07, 6.45) is 19.4. The van der Waals surface area contributed by atoms with Gasteiger partial charge in [0.15, 0.2) is 0 Å². The SMILES string of the molecule is C.C.C.C.C.C=C1CCCCN1C(C)C.CC.CC.CC.CC.CC.CC.CC.CC.CC.CC.CC.CC.CC.CC.CC.CC(C)C.CC(C)C.CC(C)C.CC(C)N1CCCCC12COC2.CC(C)N1CCCCC1=S.CC(C)N=C1CCCCN1C(C)C.CC(C)N=C1CCCCN1C(C)C. The van der Waals surface area contributed by atoms with Gasteiger partial charge in [0, 0.05) is 87.0 Å². The molecule has 8 nitrogen and oxygen atoms in total. The van der Waals surface area contributed by atoms with E-state index in [1.54, 1.807) is 0 Å². The maximum atomic E-state index is 5.35. The summed E-state index contributed by atoms with van der Waals surface area (Å²) >= 11 is 5.23. The number of allylic oxidation sites excluding steroid dienone is 1. The maximum Gasteiger partial charge on any atom is 0.0994 e. The molecule has 0 radical (unpaired) electrons. The van der Waals surface area contributed by atoms with E-state index in [0.717, 1.165) is 37.4 Å². The molecule has 0 saturated carbocycles. The van der Waals surface area contributed by atoms with Crippen LogP contribution in [0.25, 0.3) is 0 Å². The van der Waals surface area contributed by atoms with E-state index in [1.165, 1.54) is 145 Å². The number of nitrogens with zero attached hydrogens (tertiary/aromatic N) is 7. The molecule has 6 fully saturated rings. The predicted molar refractivity (Wildman–Crippen MR) is 524 cm³/mol. The molecule has 6 rings (SSSR count). The highest BCUT2D eigenvalue weighted by Gasteiger charge is 2.46. The molecule has 0 bridgehead atoms. The summed E-state index contributed by atoms with van der Waals surface area (Å²) in [5, 5.41) is 0. The van der Waals surface area contributed by atoms with Gasteiger partial charge in [-0.15, -0.1) is 0 Å². The van der Waals surface area contributed by atoms with E-state index in [1.807, 2.05) is 208 Å². The monoisotopic (exact) mass is 1530 g/mol. The van der Waals surface area contributed by atoms with Crippen molar-refractivity contribution in [1.29, 1.82) is 0 Å². The summed E-state index contributed by atoms with van der Waals surface area (Å²) in [6, 6.07) is 4.04. The topological polar surface area (TPSA) is 50.2 Å². The summed E-state index contributed by atoms with van der Waals surface area (Å²) in [5.74, 6) is 5.16. The van der Waals surface area contributed by atoms with Crippen LogP contribution in [0.4, 0.5) is 0 Å². The van der Waals surface area contributed by atoms with E-state index in [4.69, 9.17) is 17.0 Å². The highest BCUT2D eigenvalue weighted by Crippen LogP contribution is 2.36. The minimum absolute atomic E-state index is 0. The molecule has 0 aromatic rings. The number of likely N-dealkylation sites (tertiary alicyclic amines) is 5. The number of thiocarbonyl (C=S) groups is 1. The van der Waals surface area contributed by atoms with E-state index < -0.39 is 0 Å². The van der Waals surface area contributed by atoms with Gasteiger partial charge in [0.25, 0.3) is 0 Å². The minimum Gasteiger partial charge on any atom is -0.377 e. The molecule has 6 heterocycles. The second-order valence-electron chi connectivity index (χ2n) is 24.9. The molecular weight excluding hydrogens is 1300 g/mol. The van der Waals surface area contributed by atoms with Crippen LogP contribution < -0.4 is 0 Å². The molecule has 0 aromatic carbocycles. The van der Waals surface area contributed by atoms with Crippen LogP contribution in [0.1, 0.15) is 500 Å². The van der Waals surface area contributed by atoms with E-state index in [0.29, 0.717) is 47.8 Å². The standard InChI is InChI=1S/2C11H22N2.C10H19NO.C9H17N.C8H15NS.3C4H10.15C2H6.5CH4/c2*1-9(2)12-11-7-5-6-8-13(11)10(3)4;1-9(2)11-6-4-3-5-10(11)7-12-8-10;1-8(2)10-7-5-4-6-9(10)3;1-7(2)9-6-4-3-5-8(9)10;3*1-4(2)3;15*1-2;;;;;/h2*9-10H,5-8H2,1-4H3;9H,3-8H2,1-2H3;8H,3-7H2,1-2H3;7H,3-6H2,1-2H3;3*4H,1-3H3;15*1-2H3;5*1H4. The van der Waals surface area contributed by atoms with Gasteiger partial charge in [0.05, 0.1) is 35.4 Å². The van der Waals surface area contributed by atoms with Crippen LogP contribution in [-0.4, -0.2) is 135 Å². The molecule has 6 aliphatic rings. The molecule has 0 aromatic heterocycles. The first kappa shape index (κ1) is 164. The number of ether oxygens (including phenoxy) is 1. The van der Waals surface area contributed by atoms with Crippen molar-refractivity contribution in [2.75, 3.05) is 45.9 Å². The molecule has 0 aliphatic carbocycles. The first-order valence-electron chi connectivity index (χ1n) is 44.3. The normalized spacial score (nSPS) is 14.5. The number of amidine groups is 2. The predicted octanol–water partition coefficient (Wildman–Crippen LogP) is 35.2. The summed E-state index contributed by atoms with van der Waals surface area (Å²) in [4.78, 5) is 22.8. The number of hydrogen-bond donors (Lipinski definition) is 0. The van der Waals surface area contributed by atoms with Crippen molar-refractivity contribution in [3.8, 4) is 0 Å². The van der Waals surface area contributed by atoms with Gasteiger partial charge in [-0.1, -0.05) is 332 Å². The molecule has 1 spiro atoms. The van der Waals surface area contributed by atoms with Crippen LogP contribution in [0, 0.1) is 17.8 Å². The first-order chi connectivity index (χ1) is 47.6. The van der Waals surface area contributed by atoms with Crippen LogP contribution >= 0.6 is 12.2 Å². The molecule has 0 amide bonds. The second-order valence-corrected chi connectivity index (χ2v) is 25.3. The lowest BCUT2D eigenvalue weighted by Crippen LogP contribution is -2.65. The molecule has 6 aliphatic heterocycles. The van der Waals surface area contributed by atoms with E-state index in [9.17, 15) is 0 Å². The van der Waals surface area contributed by atoms with Crippen LogP contribution in [0.3, 0.4) is 0 Å². The molecule has 6 saturated heterocycles. The highest BCUT2D eigenvalue weighted by atomic mass is 32.1. The Hall–Kier alpha value is -1.71. The third kappa shape index (κ3) is 121. The Bertz CT molecular complexity index is 1270. The Labute approximate surface area is 688 Å². The Kier molecular flexibility index (Phi) is 220. The van der Waals surface area contributed by atoms with Gasteiger partial charge >= 0.3 is 0 Å². The zero-order chi connectivity index (χ0) is 84.1. The van der Waals surface area contributed by atoms with Crippen molar-refractivity contribution in [3.05, 3.63) is 12.3 Å². The fourth-order valence-corrected chi connectivity index (χ4v) is 9.59. The molecule has 666 valence electrons. The largest absolute Gasteiger partial charge is 0.377 e. The molecule has 105 heavy (non-hydrogen) atoms. The summed E-state index contributed by atoms with van der Waals surface area (Å²) in [6.45, 7) is 123. The first-order valence-corrected chi connectivity index (χ1v) is 44.8. The van der Waals surface area contributed by atoms with Crippen molar-refractivity contribution < 1.29 is 4.74 Å². The fourth-order valence-electron chi connectivity index (χ4n) is 9.14. The number of piperidine rings is 5. The maximum absolute atomic E-state index is 5.35. The lowest BCUT2D eigenvalue weighted by Gasteiger charge is -2.54. The van der Waals surface area contributed by atoms with E-state index in [2.05, 4.69) is 200 Å². The number of aliphatic imine (C=N–C) groups is 2.